The number of carbonyl (C=O) groups excluding carboxylic acids is 2. The number of halogens is 3. The second-order valence-electron chi connectivity index (χ2n) is 13.2. The van der Waals surface area contributed by atoms with Gasteiger partial charge in [0, 0.05) is 37.5 Å². The molecule has 2 aliphatic rings. The van der Waals surface area contributed by atoms with E-state index in [4.69, 9.17) is 19.9 Å². The number of rotatable bonds is 10. The molecule has 4 aromatic rings. The number of likely N-dealkylation sites (tertiary alicyclic amines) is 1. The summed E-state index contributed by atoms with van der Waals surface area (Å²) >= 11 is 0. The molecule has 4 heterocycles. The molecule has 0 aliphatic carbocycles. The number of nitrogens with zero attached hydrogens (tertiary/aromatic N) is 6. The quantitative estimate of drug-likeness (QED) is 0.184. The maximum atomic E-state index is 14.8. The van der Waals surface area contributed by atoms with Gasteiger partial charge in [0.2, 0.25) is 17.9 Å². The van der Waals surface area contributed by atoms with Crippen LogP contribution in [0.15, 0.2) is 66.9 Å². The molecule has 2 aromatic carbocycles. The third-order valence-corrected chi connectivity index (χ3v) is 9.65. The van der Waals surface area contributed by atoms with E-state index in [9.17, 15) is 22.8 Å². The van der Waals surface area contributed by atoms with Crippen molar-refractivity contribution in [1.29, 1.82) is 0 Å². The van der Waals surface area contributed by atoms with Gasteiger partial charge in [-0.2, -0.15) is 28.2 Å². The van der Waals surface area contributed by atoms with E-state index in [0.717, 1.165) is 11.1 Å². The van der Waals surface area contributed by atoms with E-state index in [1.54, 1.807) is 38.2 Å². The molecule has 1 amide bonds. The van der Waals surface area contributed by atoms with Crippen molar-refractivity contribution in [1.82, 2.24) is 24.6 Å². The van der Waals surface area contributed by atoms with Crippen molar-refractivity contribution < 1.29 is 37.0 Å². The number of anilines is 2. The minimum atomic E-state index is -4.81. The van der Waals surface area contributed by atoms with Crippen molar-refractivity contribution in [3.8, 4) is 11.6 Å². The van der Waals surface area contributed by atoms with Gasteiger partial charge in [0.1, 0.15) is 18.5 Å². The topological polar surface area (TPSA) is 138 Å². The van der Waals surface area contributed by atoms with Crippen LogP contribution in [0.4, 0.5) is 29.7 Å². The summed E-state index contributed by atoms with van der Waals surface area (Å²) in [5, 5.41) is 4.35. The molecule has 2 saturated heterocycles. The molecule has 0 bridgehead atoms. The fourth-order valence-corrected chi connectivity index (χ4v) is 6.93. The van der Waals surface area contributed by atoms with Crippen LogP contribution >= 0.6 is 0 Å². The zero-order chi connectivity index (χ0) is 37.0. The number of benzene rings is 2. The van der Waals surface area contributed by atoms with Crippen molar-refractivity contribution >= 4 is 23.8 Å². The molecule has 15 heteroatoms. The highest BCUT2D eigenvalue weighted by Crippen LogP contribution is 2.45. The number of nitrogens with two attached hydrogens (primary N) is 1. The van der Waals surface area contributed by atoms with Crippen LogP contribution in [0.25, 0.3) is 5.69 Å². The standard InChI is InChI=1S/C37H42F3N7O5/c1-4-25-11-12-27(28(19-25)47-16-13-24(3)44-47)32(37(38,39)40)52-31-20-30(42-34(41)43-31)45-17-14-36(15-18-45)21-29(33(48)50-5-2)46(23-36)35(49)51-22-26-9-7-6-8-10-26/h6-13,16,19-20,29,32H,4-5,14-15,17-18,21-23H2,1-3H3,(H2,41,42,43)/t29?,32-/m1/s1. The number of hydrogen-bond acceptors (Lipinski definition) is 10. The summed E-state index contributed by atoms with van der Waals surface area (Å²) in [5.41, 5.74) is 8.05. The molecule has 12 nitrogen and oxygen atoms in total. The van der Waals surface area contributed by atoms with Gasteiger partial charge in [-0.05, 0) is 68.2 Å². The molecule has 1 unspecified atom stereocenters. The minimum Gasteiger partial charge on any atom is -0.464 e. The van der Waals surface area contributed by atoms with Crippen molar-refractivity contribution in [2.45, 2.75) is 71.4 Å². The van der Waals surface area contributed by atoms with Crippen LogP contribution in [-0.2, 0) is 27.3 Å². The molecule has 2 fully saturated rings. The third kappa shape index (κ3) is 8.08. The number of carbonyl (C=O) groups is 2. The fraction of sp³-hybridized carbons (Fsp3) is 0.432. The zero-order valence-corrected chi connectivity index (χ0v) is 29.3. The largest absolute Gasteiger partial charge is 0.464 e. The first-order chi connectivity index (χ1) is 24.9. The smallest absolute Gasteiger partial charge is 0.429 e. The van der Waals surface area contributed by atoms with Gasteiger partial charge in [0.15, 0.2) is 0 Å². The normalized spacial score (nSPS) is 17.6. The molecule has 0 radical (unpaired) electrons. The molecule has 0 saturated carbocycles. The monoisotopic (exact) mass is 721 g/mol. The minimum absolute atomic E-state index is 0.0650. The molecular formula is C37H42F3N7O5. The summed E-state index contributed by atoms with van der Waals surface area (Å²) in [7, 11) is 0. The van der Waals surface area contributed by atoms with Gasteiger partial charge >= 0.3 is 18.2 Å². The van der Waals surface area contributed by atoms with Gasteiger partial charge in [-0.15, -0.1) is 0 Å². The molecule has 1 spiro atoms. The number of esters is 1. The predicted octanol–water partition coefficient (Wildman–Crippen LogP) is 6.36. The van der Waals surface area contributed by atoms with E-state index in [0.29, 0.717) is 56.8 Å². The average Bonchev–Trinajstić information content (AvgIpc) is 3.73. The summed E-state index contributed by atoms with van der Waals surface area (Å²) in [6, 6.07) is 16.2. The first kappa shape index (κ1) is 36.5. The summed E-state index contributed by atoms with van der Waals surface area (Å²) in [6.45, 7) is 6.78. The van der Waals surface area contributed by atoms with Gasteiger partial charge in [0.05, 0.1) is 18.0 Å². The summed E-state index contributed by atoms with van der Waals surface area (Å²) < 4.78 is 62.2. The van der Waals surface area contributed by atoms with Gasteiger partial charge < -0.3 is 24.8 Å². The highest BCUT2D eigenvalue weighted by Gasteiger charge is 2.51. The van der Waals surface area contributed by atoms with Crippen LogP contribution < -0.4 is 15.4 Å². The van der Waals surface area contributed by atoms with Crippen LogP contribution in [0.3, 0.4) is 0 Å². The molecule has 276 valence electrons. The number of aryl methyl sites for hydroxylation is 2. The Balaban J connectivity index is 1.19. The average molecular weight is 722 g/mol. The highest BCUT2D eigenvalue weighted by molar-refractivity contribution is 5.82. The van der Waals surface area contributed by atoms with Crippen LogP contribution in [0, 0.1) is 12.3 Å². The number of hydrogen-bond donors (Lipinski definition) is 1. The number of piperidine rings is 1. The molecule has 52 heavy (non-hydrogen) atoms. The number of ether oxygens (including phenoxy) is 3. The Bertz CT molecular complexity index is 1880. The first-order valence-corrected chi connectivity index (χ1v) is 17.3. The molecule has 2 N–H and O–H groups in total. The van der Waals surface area contributed by atoms with Crippen LogP contribution in [0.2, 0.25) is 0 Å². The maximum Gasteiger partial charge on any atom is 0.429 e. The van der Waals surface area contributed by atoms with Crippen LogP contribution in [-0.4, -0.2) is 75.2 Å². The van der Waals surface area contributed by atoms with E-state index in [1.165, 1.54) is 21.7 Å². The van der Waals surface area contributed by atoms with Crippen molar-refractivity contribution in [3.05, 3.63) is 89.2 Å². The Kier molecular flexibility index (Phi) is 10.6. The number of aromatic nitrogens is 4. The second-order valence-corrected chi connectivity index (χ2v) is 13.2. The Morgan fingerprint density at radius 3 is 2.40 bits per heavy atom. The Hall–Kier alpha value is -5.34. The lowest BCUT2D eigenvalue weighted by molar-refractivity contribution is -0.198. The predicted molar refractivity (Wildman–Crippen MR) is 186 cm³/mol. The lowest BCUT2D eigenvalue weighted by atomic mass is 9.76. The fourth-order valence-electron chi connectivity index (χ4n) is 6.93. The Morgan fingerprint density at radius 2 is 1.75 bits per heavy atom. The second kappa shape index (κ2) is 15.1. The SMILES string of the molecule is CCOC(=O)C1CC2(CCN(c3cc(O[C@H](c4ccc(CC)cc4-n4ccc(C)n4)C(F)(F)F)nc(N)n3)CC2)CN1C(=O)OCc1ccccc1. The summed E-state index contributed by atoms with van der Waals surface area (Å²) in [5.74, 6) is -0.753. The van der Waals surface area contributed by atoms with E-state index in [1.807, 2.05) is 42.2 Å². The van der Waals surface area contributed by atoms with Gasteiger partial charge in [-0.25, -0.2) is 14.3 Å². The lowest BCUT2D eigenvalue weighted by Gasteiger charge is -2.39. The summed E-state index contributed by atoms with van der Waals surface area (Å²) in [6.07, 6.45) is -4.04. The Labute approximate surface area is 299 Å². The van der Waals surface area contributed by atoms with Gasteiger partial charge in [0.25, 0.3) is 0 Å². The van der Waals surface area contributed by atoms with Crippen LogP contribution in [0.1, 0.15) is 61.6 Å². The number of amides is 1. The van der Waals surface area contributed by atoms with Gasteiger partial charge in [-0.1, -0.05) is 49.4 Å². The van der Waals surface area contributed by atoms with E-state index in [2.05, 4.69) is 15.1 Å². The van der Waals surface area contributed by atoms with Crippen molar-refractivity contribution in [3.63, 3.8) is 0 Å². The highest BCUT2D eigenvalue weighted by atomic mass is 19.4. The zero-order valence-electron chi connectivity index (χ0n) is 29.3. The Morgan fingerprint density at radius 1 is 1.00 bits per heavy atom. The first-order valence-electron chi connectivity index (χ1n) is 17.3. The molecule has 2 aliphatic heterocycles. The summed E-state index contributed by atoms with van der Waals surface area (Å²) in [4.78, 5) is 38.0. The van der Waals surface area contributed by atoms with Crippen LogP contribution in [0.5, 0.6) is 5.88 Å². The third-order valence-electron chi connectivity index (χ3n) is 9.65. The maximum absolute atomic E-state index is 14.8. The molecule has 2 atom stereocenters. The molecule has 2 aromatic heterocycles. The lowest BCUT2D eigenvalue weighted by Crippen LogP contribution is -2.43. The van der Waals surface area contributed by atoms with Gasteiger partial charge in [-0.3, -0.25) is 4.90 Å². The van der Waals surface area contributed by atoms with E-state index < -0.39 is 35.8 Å². The van der Waals surface area contributed by atoms with E-state index >= 15 is 0 Å². The van der Waals surface area contributed by atoms with Crippen molar-refractivity contribution in [2.75, 3.05) is 36.9 Å². The molecular weight excluding hydrogens is 679 g/mol. The van der Waals surface area contributed by atoms with E-state index in [-0.39, 0.29) is 36.3 Å². The molecule has 6 rings (SSSR count). The van der Waals surface area contributed by atoms with Crippen molar-refractivity contribution in [2.24, 2.45) is 5.41 Å². The number of nitrogen functional groups attached to an aromatic ring is 1. The number of alkyl halides is 3.